The van der Waals surface area contributed by atoms with Gasteiger partial charge in [-0.2, -0.15) is 0 Å². The van der Waals surface area contributed by atoms with E-state index >= 15 is 0 Å². The van der Waals surface area contributed by atoms with Gasteiger partial charge < -0.3 is 0 Å². The van der Waals surface area contributed by atoms with E-state index in [2.05, 4.69) is 0 Å². The molecule has 0 radical (unpaired) electrons. The van der Waals surface area contributed by atoms with E-state index < -0.39 is 28.7 Å². The van der Waals surface area contributed by atoms with Crippen molar-refractivity contribution in [3.8, 4) is 5.69 Å². The zero-order valence-electron chi connectivity index (χ0n) is 7.95. The van der Waals surface area contributed by atoms with Crippen molar-refractivity contribution < 1.29 is 13.2 Å². The van der Waals surface area contributed by atoms with Gasteiger partial charge in [-0.1, -0.05) is 6.07 Å². The van der Waals surface area contributed by atoms with Crippen LogP contribution < -0.4 is 5.56 Å². The highest BCUT2D eigenvalue weighted by molar-refractivity contribution is 5.35. The summed E-state index contributed by atoms with van der Waals surface area (Å²) in [4.78, 5) is 11.3. The van der Waals surface area contributed by atoms with E-state index in [9.17, 15) is 18.0 Å². The number of hydrogen-bond acceptors (Lipinski definition) is 1. The second kappa shape index (κ2) is 3.84. The first kappa shape index (κ1) is 10.5. The SMILES string of the molecule is O=c1ccccn1-c1c(F)cc(F)cc1F. The Bertz CT molecular complexity index is 569. The van der Waals surface area contributed by atoms with Gasteiger partial charge in [0.05, 0.1) is 0 Å². The molecule has 0 aliphatic heterocycles. The summed E-state index contributed by atoms with van der Waals surface area (Å²) in [6.07, 6.45) is 1.21. The van der Waals surface area contributed by atoms with E-state index in [1.807, 2.05) is 0 Å². The number of halogens is 3. The molecule has 0 atom stereocenters. The highest BCUT2D eigenvalue weighted by Gasteiger charge is 2.13. The van der Waals surface area contributed by atoms with Gasteiger partial charge >= 0.3 is 0 Å². The third kappa shape index (κ3) is 1.71. The van der Waals surface area contributed by atoms with E-state index in [-0.39, 0.29) is 0 Å². The Morgan fingerprint density at radius 3 is 2.19 bits per heavy atom. The summed E-state index contributed by atoms with van der Waals surface area (Å²) in [5.41, 5.74) is -1.17. The van der Waals surface area contributed by atoms with Crippen molar-refractivity contribution in [2.75, 3.05) is 0 Å². The van der Waals surface area contributed by atoms with Gasteiger partial charge in [-0.05, 0) is 6.07 Å². The molecular weight excluding hydrogens is 219 g/mol. The van der Waals surface area contributed by atoms with Gasteiger partial charge in [-0.15, -0.1) is 0 Å². The fourth-order valence-electron chi connectivity index (χ4n) is 1.38. The minimum atomic E-state index is -1.12. The Balaban J connectivity index is 2.75. The molecule has 0 amide bonds. The van der Waals surface area contributed by atoms with Crippen LogP contribution in [-0.2, 0) is 0 Å². The van der Waals surface area contributed by atoms with Gasteiger partial charge in [0.2, 0.25) is 0 Å². The molecule has 16 heavy (non-hydrogen) atoms. The summed E-state index contributed by atoms with van der Waals surface area (Å²) in [6, 6.07) is 5.10. The summed E-state index contributed by atoms with van der Waals surface area (Å²) < 4.78 is 40.1. The molecule has 0 saturated heterocycles. The van der Waals surface area contributed by atoms with Crippen molar-refractivity contribution in [1.82, 2.24) is 4.57 Å². The topological polar surface area (TPSA) is 22.0 Å². The van der Waals surface area contributed by atoms with Crippen LogP contribution in [0.2, 0.25) is 0 Å². The van der Waals surface area contributed by atoms with Crippen LogP contribution in [0.4, 0.5) is 13.2 Å². The average molecular weight is 225 g/mol. The van der Waals surface area contributed by atoms with Gasteiger partial charge in [0.1, 0.15) is 11.5 Å². The van der Waals surface area contributed by atoms with Crippen LogP contribution in [0.5, 0.6) is 0 Å². The Kier molecular flexibility index (Phi) is 2.52. The molecule has 5 heteroatoms. The van der Waals surface area contributed by atoms with Gasteiger partial charge in [0.15, 0.2) is 11.6 Å². The Labute approximate surface area is 88.6 Å². The number of aromatic nitrogens is 1. The first-order valence-electron chi connectivity index (χ1n) is 4.42. The number of pyridine rings is 1. The van der Waals surface area contributed by atoms with Crippen molar-refractivity contribution in [3.63, 3.8) is 0 Å². The van der Waals surface area contributed by atoms with Crippen LogP contribution in [0.15, 0.2) is 41.3 Å². The van der Waals surface area contributed by atoms with Crippen molar-refractivity contribution in [2.45, 2.75) is 0 Å². The maximum absolute atomic E-state index is 13.3. The molecular formula is C11H6F3NO. The summed E-state index contributed by atoms with van der Waals surface area (Å²) in [7, 11) is 0. The average Bonchev–Trinajstić information content (AvgIpc) is 2.19. The lowest BCUT2D eigenvalue weighted by molar-refractivity contribution is 0.532. The third-order valence-corrected chi connectivity index (χ3v) is 2.05. The number of benzene rings is 1. The molecule has 0 N–H and O–H groups in total. The molecule has 2 rings (SSSR count). The molecule has 82 valence electrons. The standard InChI is InChI=1S/C11H6F3NO/c12-7-5-8(13)11(9(14)6-7)15-4-2-1-3-10(15)16/h1-6H. The quantitative estimate of drug-likeness (QED) is 0.729. The fraction of sp³-hybridized carbons (Fsp3) is 0. The second-order valence-corrected chi connectivity index (χ2v) is 3.13. The molecule has 0 unspecified atom stereocenters. The normalized spacial score (nSPS) is 10.4. The predicted molar refractivity (Wildman–Crippen MR) is 51.9 cm³/mol. The molecule has 0 aliphatic rings. The van der Waals surface area contributed by atoms with Crippen LogP contribution in [0.25, 0.3) is 5.69 Å². The maximum atomic E-state index is 13.3. The van der Waals surface area contributed by atoms with Gasteiger partial charge in [-0.3, -0.25) is 9.36 Å². The molecule has 1 aromatic carbocycles. The van der Waals surface area contributed by atoms with Crippen LogP contribution in [0.1, 0.15) is 0 Å². The molecule has 2 aromatic rings. The smallest absolute Gasteiger partial charge is 0.255 e. The lowest BCUT2D eigenvalue weighted by atomic mass is 10.2. The van der Waals surface area contributed by atoms with Crippen molar-refractivity contribution >= 4 is 0 Å². The first-order chi connectivity index (χ1) is 7.59. The van der Waals surface area contributed by atoms with E-state index in [1.54, 1.807) is 0 Å². The second-order valence-electron chi connectivity index (χ2n) is 3.13. The zero-order chi connectivity index (χ0) is 11.7. The Hall–Kier alpha value is -2.04. The van der Waals surface area contributed by atoms with E-state index in [0.717, 1.165) is 10.6 Å². The molecule has 0 spiro atoms. The van der Waals surface area contributed by atoms with Crippen molar-refractivity contribution in [1.29, 1.82) is 0 Å². The predicted octanol–water partition coefficient (Wildman–Crippen LogP) is 2.25. The number of rotatable bonds is 1. The van der Waals surface area contributed by atoms with E-state index in [4.69, 9.17) is 0 Å². The molecule has 0 saturated carbocycles. The maximum Gasteiger partial charge on any atom is 0.255 e. The molecule has 0 fully saturated rings. The van der Waals surface area contributed by atoms with Gasteiger partial charge in [-0.25, -0.2) is 13.2 Å². The summed E-state index contributed by atoms with van der Waals surface area (Å²) >= 11 is 0. The summed E-state index contributed by atoms with van der Waals surface area (Å²) in [6.45, 7) is 0. The summed E-state index contributed by atoms with van der Waals surface area (Å²) in [5.74, 6) is -3.26. The van der Waals surface area contributed by atoms with Crippen LogP contribution in [0, 0.1) is 17.5 Å². The van der Waals surface area contributed by atoms with Crippen molar-refractivity contribution in [2.24, 2.45) is 0 Å². The first-order valence-corrected chi connectivity index (χ1v) is 4.42. The minimum Gasteiger partial charge on any atom is -0.279 e. The van der Waals surface area contributed by atoms with Crippen molar-refractivity contribution in [3.05, 3.63) is 64.3 Å². The molecule has 2 nitrogen and oxygen atoms in total. The zero-order valence-corrected chi connectivity index (χ0v) is 7.95. The molecule has 1 heterocycles. The van der Waals surface area contributed by atoms with Crippen LogP contribution in [0.3, 0.4) is 0 Å². The van der Waals surface area contributed by atoms with Crippen LogP contribution >= 0.6 is 0 Å². The van der Waals surface area contributed by atoms with E-state index in [0.29, 0.717) is 12.1 Å². The highest BCUT2D eigenvalue weighted by atomic mass is 19.1. The fourth-order valence-corrected chi connectivity index (χ4v) is 1.38. The lowest BCUT2D eigenvalue weighted by Gasteiger charge is -2.07. The monoisotopic (exact) mass is 225 g/mol. The lowest BCUT2D eigenvalue weighted by Crippen LogP contribution is -2.18. The highest BCUT2D eigenvalue weighted by Crippen LogP contribution is 2.17. The van der Waals surface area contributed by atoms with Crippen LogP contribution in [-0.4, -0.2) is 4.57 Å². The summed E-state index contributed by atoms with van der Waals surface area (Å²) in [5, 5.41) is 0. The Morgan fingerprint density at radius 1 is 1.00 bits per heavy atom. The van der Waals surface area contributed by atoms with Gasteiger partial charge in [0.25, 0.3) is 5.56 Å². The minimum absolute atomic E-state index is 0.526. The third-order valence-electron chi connectivity index (χ3n) is 2.05. The molecule has 0 aliphatic carbocycles. The van der Waals surface area contributed by atoms with E-state index in [1.165, 1.54) is 18.3 Å². The number of hydrogen-bond donors (Lipinski definition) is 0. The largest absolute Gasteiger partial charge is 0.279 e. The Morgan fingerprint density at radius 2 is 1.62 bits per heavy atom. The number of nitrogens with zero attached hydrogens (tertiary/aromatic N) is 1. The van der Waals surface area contributed by atoms with Gasteiger partial charge in [0, 0.05) is 24.4 Å². The molecule has 0 bridgehead atoms. The molecule has 1 aromatic heterocycles.